The maximum Gasteiger partial charge on any atom is 0.297 e. The van der Waals surface area contributed by atoms with E-state index in [0.29, 0.717) is 36.3 Å². The Morgan fingerprint density at radius 3 is 2.88 bits per heavy atom. The van der Waals surface area contributed by atoms with Crippen LogP contribution in [0.4, 0.5) is 0 Å². The van der Waals surface area contributed by atoms with E-state index in [1.165, 1.54) is 5.56 Å². The molecule has 0 N–H and O–H groups in total. The molecule has 2 aromatic heterocycles. The van der Waals surface area contributed by atoms with Gasteiger partial charge in [-0.05, 0) is 49.6 Å². The number of aromatic nitrogens is 2. The molecule has 0 unspecified atom stereocenters. The summed E-state index contributed by atoms with van der Waals surface area (Å²) in [6.07, 6.45) is 2.30. The minimum Gasteiger partial charge on any atom is -0.493 e. The van der Waals surface area contributed by atoms with Crippen molar-refractivity contribution in [1.82, 2.24) is 9.55 Å². The van der Waals surface area contributed by atoms with Crippen molar-refractivity contribution in [2.45, 2.75) is 26.8 Å². The zero-order valence-corrected chi connectivity index (χ0v) is 14.9. The molecular formula is C21H20N2O3. The molecule has 0 radical (unpaired) electrons. The van der Waals surface area contributed by atoms with E-state index >= 15 is 0 Å². The number of hydrogen-bond acceptors (Lipinski definition) is 4. The molecule has 5 heteroatoms. The van der Waals surface area contributed by atoms with E-state index in [-0.39, 0.29) is 5.56 Å². The molecule has 0 fully saturated rings. The first-order valence-corrected chi connectivity index (χ1v) is 8.70. The van der Waals surface area contributed by atoms with Crippen molar-refractivity contribution in [3.8, 4) is 5.75 Å². The number of hydrogen-bond donors (Lipinski definition) is 0. The highest BCUT2D eigenvalue weighted by Gasteiger charge is 2.12. The van der Waals surface area contributed by atoms with Crippen LogP contribution in [0.3, 0.4) is 0 Å². The first-order valence-electron chi connectivity index (χ1n) is 8.70. The smallest absolute Gasteiger partial charge is 0.297 e. The topological polar surface area (TPSA) is 57.3 Å². The van der Waals surface area contributed by atoms with Gasteiger partial charge in [-0.25, -0.2) is 4.98 Å². The third-order valence-corrected chi connectivity index (χ3v) is 4.50. The quantitative estimate of drug-likeness (QED) is 0.507. The number of rotatable bonds is 5. The Morgan fingerprint density at radius 1 is 1.15 bits per heavy atom. The number of ether oxygens (including phenoxy) is 1. The van der Waals surface area contributed by atoms with Gasteiger partial charge in [-0.1, -0.05) is 24.3 Å². The number of nitrogens with zero attached hydrogens (tertiary/aromatic N) is 2. The molecule has 0 saturated heterocycles. The Balaban J connectivity index is 1.49. The largest absolute Gasteiger partial charge is 0.493 e. The summed E-state index contributed by atoms with van der Waals surface area (Å²) in [7, 11) is 0. The van der Waals surface area contributed by atoms with Crippen LogP contribution >= 0.6 is 0 Å². The molecule has 4 aromatic rings. The fourth-order valence-corrected chi connectivity index (χ4v) is 3.05. The van der Waals surface area contributed by atoms with Crippen LogP contribution in [-0.4, -0.2) is 16.2 Å². The van der Waals surface area contributed by atoms with Crippen LogP contribution < -0.4 is 10.3 Å². The van der Waals surface area contributed by atoms with E-state index in [9.17, 15) is 4.79 Å². The van der Waals surface area contributed by atoms with Crippen LogP contribution in [-0.2, 0) is 6.54 Å². The molecule has 2 aromatic carbocycles. The third kappa shape index (κ3) is 2.96. The number of benzene rings is 2. The summed E-state index contributed by atoms with van der Waals surface area (Å²) in [6, 6.07) is 13.7. The standard InChI is InChI=1S/C21H20N2O3/c1-14-8-9-15(2)18(12-14)25-11-5-10-23-13-22-19-16-6-3-4-7-17(16)26-20(19)21(23)24/h3-4,6-9,12-13H,5,10-11H2,1-2H3. The van der Waals surface area contributed by atoms with Crippen molar-refractivity contribution in [2.24, 2.45) is 0 Å². The van der Waals surface area contributed by atoms with Gasteiger partial charge >= 0.3 is 0 Å². The number of furan rings is 1. The molecule has 26 heavy (non-hydrogen) atoms. The van der Waals surface area contributed by atoms with Gasteiger partial charge in [0.15, 0.2) is 0 Å². The van der Waals surface area contributed by atoms with Gasteiger partial charge in [0.25, 0.3) is 5.56 Å². The Labute approximate surface area is 150 Å². The first-order chi connectivity index (χ1) is 12.6. The molecule has 0 spiro atoms. The SMILES string of the molecule is Cc1ccc(C)c(OCCCn2cnc3c(oc4ccccc43)c2=O)c1. The van der Waals surface area contributed by atoms with Gasteiger partial charge in [0.1, 0.15) is 16.8 Å². The Kier molecular flexibility index (Phi) is 4.21. The highest BCUT2D eigenvalue weighted by Crippen LogP contribution is 2.24. The molecule has 132 valence electrons. The van der Waals surface area contributed by atoms with Crippen LogP contribution in [0.5, 0.6) is 5.75 Å². The van der Waals surface area contributed by atoms with E-state index < -0.39 is 0 Å². The zero-order chi connectivity index (χ0) is 18.1. The number of para-hydroxylation sites is 1. The summed E-state index contributed by atoms with van der Waals surface area (Å²) >= 11 is 0. The second-order valence-corrected chi connectivity index (χ2v) is 6.49. The second kappa shape index (κ2) is 6.67. The van der Waals surface area contributed by atoms with Gasteiger partial charge in [-0.2, -0.15) is 0 Å². The Hall–Kier alpha value is -3.08. The average Bonchev–Trinajstić information content (AvgIpc) is 3.03. The van der Waals surface area contributed by atoms with E-state index in [1.807, 2.05) is 44.2 Å². The maximum atomic E-state index is 12.6. The molecule has 0 saturated carbocycles. The van der Waals surface area contributed by atoms with Crippen molar-refractivity contribution in [1.29, 1.82) is 0 Å². The number of aryl methyl sites for hydroxylation is 3. The lowest BCUT2D eigenvalue weighted by atomic mass is 10.1. The maximum absolute atomic E-state index is 12.6. The van der Waals surface area contributed by atoms with Crippen LogP contribution in [0, 0.1) is 13.8 Å². The summed E-state index contributed by atoms with van der Waals surface area (Å²) < 4.78 is 13.1. The van der Waals surface area contributed by atoms with Crippen LogP contribution in [0.15, 0.2) is 58.0 Å². The molecule has 0 atom stereocenters. The predicted molar refractivity (Wildman–Crippen MR) is 102 cm³/mol. The molecule has 0 amide bonds. The fourth-order valence-electron chi connectivity index (χ4n) is 3.05. The van der Waals surface area contributed by atoms with Crippen LogP contribution in [0.25, 0.3) is 22.1 Å². The fraction of sp³-hybridized carbons (Fsp3) is 0.238. The normalized spacial score (nSPS) is 11.3. The molecule has 0 aliphatic rings. The summed E-state index contributed by atoms with van der Waals surface area (Å²) in [6.45, 7) is 5.14. The Bertz CT molecular complexity index is 1140. The molecule has 0 aliphatic heterocycles. The van der Waals surface area contributed by atoms with E-state index in [2.05, 4.69) is 17.1 Å². The van der Waals surface area contributed by atoms with Crippen molar-refractivity contribution in [2.75, 3.05) is 6.61 Å². The molecule has 0 aliphatic carbocycles. The molecule has 4 rings (SSSR count). The van der Waals surface area contributed by atoms with Gasteiger partial charge in [0, 0.05) is 11.9 Å². The second-order valence-electron chi connectivity index (χ2n) is 6.49. The van der Waals surface area contributed by atoms with Gasteiger partial charge in [-0.3, -0.25) is 9.36 Å². The highest BCUT2D eigenvalue weighted by molar-refractivity contribution is 6.01. The zero-order valence-electron chi connectivity index (χ0n) is 14.9. The molecular weight excluding hydrogens is 328 g/mol. The minimum atomic E-state index is -0.155. The highest BCUT2D eigenvalue weighted by atomic mass is 16.5. The van der Waals surface area contributed by atoms with Crippen LogP contribution in [0.2, 0.25) is 0 Å². The van der Waals surface area contributed by atoms with Gasteiger partial charge in [-0.15, -0.1) is 0 Å². The van der Waals surface area contributed by atoms with Crippen molar-refractivity contribution in [3.63, 3.8) is 0 Å². The Morgan fingerprint density at radius 2 is 2.00 bits per heavy atom. The number of fused-ring (bicyclic) bond motifs is 3. The van der Waals surface area contributed by atoms with Crippen molar-refractivity contribution >= 4 is 22.1 Å². The molecule has 5 nitrogen and oxygen atoms in total. The van der Waals surface area contributed by atoms with Gasteiger partial charge in [0.05, 0.1) is 12.9 Å². The lowest BCUT2D eigenvalue weighted by Crippen LogP contribution is -2.21. The van der Waals surface area contributed by atoms with Crippen LogP contribution in [0.1, 0.15) is 17.5 Å². The van der Waals surface area contributed by atoms with Gasteiger partial charge in [0.2, 0.25) is 5.58 Å². The third-order valence-electron chi connectivity index (χ3n) is 4.50. The summed E-state index contributed by atoms with van der Waals surface area (Å²) in [5, 5.41) is 0.866. The molecule has 2 heterocycles. The van der Waals surface area contributed by atoms with E-state index in [0.717, 1.165) is 16.7 Å². The monoisotopic (exact) mass is 348 g/mol. The lowest BCUT2D eigenvalue weighted by Gasteiger charge is -2.10. The summed E-state index contributed by atoms with van der Waals surface area (Å²) in [5.41, 5.74) is 3.73. The predicted octanol–water partition coefficient (Wildman–Crippen LogP) is 4.23. The average molecular weight is 348 g/mol. The van der Waals surface area contributed by atoms with Crippen molar-refractivity contribution in [3.05, 3.63) is 70.3 Å². The van der Waals surface area contributed by atoms with Crippen molar-refractivity contribution < 1.29 is 9.15 Å². The molecule has 0 bridgehead atoms. The van der Waals surface area contributed by atoms with E-state index in [4.69, 9.17) is 9.15 Å². The van der Waals surface area contributed by atoms with Gasteiger partial charge < -0.3 is 9.15 Å². The summed E-state index contributed by atoms with van der Waals surface area (Å²) in [5.74, 6) is 0.892. The van der Waals surface area contributed by atoms with E-state index in [1.54, 1.807) is 10.9 Å². The minimum absolute atomic E-state index is 0.155. The lowest BCUT2D eigenvalue weighted by molar-refractivity contribution is 0.298. The first kappa shape index (κ1) is 16.4. The summed E-state index contributed by atoms with van der Waals surface area (Å²) in [4.78, 5) is 17.1.